The highest BCUT2D eigenvalue weighted by molar-refractivity contribution is 6.02. The number of anilines is 2. The Balaban J connectivity index is 2.19. The second-order valence-corrected chi connectivity index (χ2v) is 3.80. The highest BCUT2D eigenvalue weighted by Gasteiger charge is 2.10. The predicted octanol–water partition coefficient (Wildman–Crippen LogP) is 0.661. The van der Waals surface area contributed by atoms with Gasteiger partial charge in [-0.15, -0.1) is 0 Å². The number of amides is 1. The summed E-state index contributed by atoms with van der Waals surface area (Å²) in [7, 11) is 1.76. The van der Waals surface area contributed by atoms with Crippen LogP contribution in [0, 0.1) is 6.92 Å². The van der Waals surface area contributed by atoms with Gasteiger partial charge in [0.25, 0.3) is 5.91 Å². The van der Waals surface area contributed by atoms with E-state index in [0.717, 1.165) is 5.69 Å². The highest BCUT2D eigenvalue weighted by atomic mass is 16.2. The third-order valence-electron chi connectivity index (χ3n) is 2.37. The lowest BCUT2D eigenvalue weighted by molar-refractivity contribution is 0.102. The first-order valence-electron chi connectivity index (χ1n) is 5.36. The van der Waals surface area contributed by atoms with Crippen LogP contribution in [0.25, 0.3) is 0 Å². The van der Waals surface area contributed by atoms with Crippen LogP contribution in [0.2, 0.25) is 0 Å². The van der Waals surface area contributed by atoms with Crippen LogP contribution >= 0.6 is 0 Å². The lowest BCUT2D eigenvalue weighted by Gasteiger charge is -2.05. The number of carbonyl (C=O) groups excluding carboxylic acids is 1. The van der Waals surface area contributed by atoms with Crippen molar-refractivity contribution in [3.05, 3.63) is 35.7 Å². The molecule has 2 aromatic heterocycles. The van der Waals surface area contributed by atoms with Crippen molar-refractivity contribution in [1.29, 1.82) is 0 Å². The van der Waals surface area contributed by atoms with E-state index in [2.05, 4.69) is 20.8 Å². The van der Waals surface area contributed by atoms with Crippen molar-refractivity contribution >= 4 is 17.5 Å². The first-order chi connectivity index (χ1) is 8.60. The van der Waals surface area contributed by atoms with Gasteiger partial charge in [0.15, 0.2) is 0 Å². The second kappa shape index (κ2) is 4.84. The Hall–Kier alpha value is -2.41. The summed E-state index contributed by atoms with van der Waals surface area (Å²) in [5.74, 6) is 5.98. The summed E-state index contributed by atoms with van der Waals surface area (Å²) in [5, 5.41) is 6.87. The first kappa shape index (κ1) is 12.1. The summed E-state index contributed by atoms with van der Waals surface area (Å²) in [5.41, 5.74) is 3.51. The molecule has 0 spiro atoms. The van der Waals surface area contributed by atoms with Gasteiger partial charge in [-0.2, -0.15) is 5.10 Å². The Labute approximate surface area is 104 Å². The van der Waals surface area contributed by atoms with E-state index in [1.54, 1.807) is 36.0 Å². The summed E-state index contributed by atoms with van der Waals surface area (Å²) in [6.07, 6.45) is 0. The van der Waals surface area contributed by atoms with Gasteiger partial charge >= 0.3 is 0 Å². The van der Waals surface area contributed by atoms with Gasteiger partial charge < -0.3 is 10.7 Å². The van der Waals surface area contributed by atoms with Crippen LogP contribution in [0.15, 0.2) is 24.3 Å². The number of hydrazine groups is 1. The summed E-state index contributed by atoms with van der Waals surface area (Å²) in [6.45, 7) is 1.85. The Bertz CT molecular complexity index is 577. The zero-order valence-corrected chi connectivity index (χ0v) is 10.1. The van der Waals surface area contributed by atoms with Gasteiger partial charge in [0.05, 0.1) is 5.69 Å². The molecule has 0 saturated heterocycles. The molecule has 0 saturated carbocycles. The molecule has 0 aliphatic heterocycles. The number of pyridine rings is 1. The predicted molar refractivity (Wildman–Crippen MR) is 67.9 cm³/mol. The lowest BCUT2D eigenvalue weighted by Crippen LogP contribution is -2.17. The molecule has 0 unspecified atom stereocenters. The fraction of sp³-hybridized carbons (Fsp3) is 0.182. The van der Waals surface area contributed by atoms with E-state index in [4.69, 9.17) is 5.84 Å². The Morgan fingerprint density at radius 3 is 2.83 bits per heavy atom. The summed E-state index contributed by atoms with van der Waals surface area (Å²) >= 11 is 0. The van der Waals surface area contributed by atoms with Crippen molar-refractivity contribution in [2.75, 3.05) is 10.7 Å². The number of nitrogens with two attached hydrogens (primary N) is 1. The van der Waals surface area contributed by atoms with Gasteiger partial charge in [-0.3, -0.25) is 9.48 Å². The average Bonchev–Trinajstić information content (AvgIpc) is 2.68. The highest BCUT2D eigenvalue weighted by Crippen LogP contribution is 2.10. The van der Waals surface area contributed by atoms with E-state index in [1.165, 1.54) is 0 Å². The minimum absolute atomic E-state index is 0.282. The monoisotopic (exact) mass is 246 g/mol. The molecule has 0 aromatic carbocycles. The zero-order chi connectivity index (χ0) is 13.1. The van der Waals surface area contributed by atoms with Crippen LogP contribution in [-0.2, 0) is 7.05 Å². The number of rotatable bonds is 3. The molecule has 2 aromatic rings. The molecule has 2 heterocycles. The van der Waals surface area contributed by atoms with E-state index >= 15 is 0 Å². The van der Waals surface area contributed by atoms with Gasteiger partial charge in [-0.25, -0.2) is 10.8 Å². The topological polar surface area (TPSA) is 97.9 Å². The molecule has 7 nitrogen and oxygen atoms in total. The number of nitrogen functional groups attached to an aromatic ring is 1. The first-order valence-corrected chi connectivity index (χ1v) is 5.36. The van der Waals surface area contributed by atoms with Crippen LogP contribution in [0.5, 0.6) is 0 Å². The minimum Gasteiger partial charge on any atom is -0.308 e. The number of aromatic nitrogens is 3. The smallest absolute Gasteiger partial charge is 0.275 e. The fourth-order valence-corrected chi connectivity index (χ4v) is 1.55. The molecule has 18 heavy (non-hydrogen) atoms. The van der Waals surface area contributed by atoms with Crippen LogP contribution in [0.1, 0.15) is 16.2 Å². The van der Waals surface area contributed by atoms with Gasteiger partial charge in [0.1, 0.15) is 17.3 Å². The molecular formula is C11H14N6O. The molecule has 1 amide bonds. The zero-order valence-electron chi connectivity index (χ0n) is 10.1. The molecule has 4 N–H and O–H groups in total. The molecule has 94 valence electrons. The van der Waals surface area contributed by atoms with Gasteiger partial charge in [0.2, 0.25) is 0 Å². The standard InChI is InChI=1S/C11H14N6O/c1-7-6-10(17(2)16-7)14-11(18)8-4-3-5-9(13-8)15-12/h3-6H,12H2,1-2H3,(H,13,15)(H,14,18). The van der Waals surface area contributed by atoms with Gasteiger partial charge in [-0.1, -0.05) is 6.07 Å². The summed E-state index contributed by atoms with van der Waals surface area (Å²) < 4.78 is 1.60. The number of nitrogens with one attached hydrogen (secondary N) is 2. The molecule has 7 heteroatoms. The third-order valence-corrected chi connectivity index (χ3v) is 2.37. The van der Waals surface area contributed by atoms with Crippen molar-refractivity contribution in [3.63, 3.8) is 0 Å². The van der Waals surface area contributed by atoms with Crippen molar-refractivity contribution in [3.8, 4) is 0 Å². The quantitative estimate of drug-likeness (QED) is 0.546. The number of carbonyl (C=O) groups is 1. The Morgan fingerprint density at radius 2 is 2.22 bits per heavy atom. The molecule has 0 bridgehead atoms. The fourth-order valence-electron chi connectivity index (χ4n) is 1.55. The second-order valence-electron chi connectivity index (χ2n) is 3.80. The molecule has 0 fully saturated rings. The molecule has 0 radical (unpaired) electrons. The van der Waals surface area contributed by atoms with E-state index in [9.17, 15) is 4.79 Å². The van der Waals surface area contributed by atoms with Gasteiger partial charge in [0, 0.05) is 13.1 Å². The minimum atomic E-state index is -0.310. The van der Waals surface area contributed by atoms with Crippen LogP contribution in [0.3, 0.4) is 0 Å². The molecule has 2 rings (SSSR count). The van der Waals surface area contributed by atoms with Crippen molar-refractivity contribution in [2.45, 2.75) is 6.92 Å². The maximum Gasteiger partial charge on any atom is 0.275 e. The summed E-state index contributed by atoms with van der Waals surface area (Å²) in [6, 6.07) is 6.76. The largest absolute Gasteiger partial charge is 0.308 e. The number of aryl methyl sites for hydroxylation is 2. The molecule has 0 aliphatic rings. The molecule has 0 aliphatic carbocycles. The van der Waals surface area contributed by atoms with Crippen molar-refractivity contribution < 1.29 is 4.79 Å². The third kappa shape index (κ3) is 2.46. The van der Waals surface area contributed by atoms with Crippen molar-refractivity contribution in [2.24, 2.45) is 12.9 Å². The number of hydrogen-bond acceptors (Lipinski definition) is 5. The maximum atomic E-state index is 12.0. The van der Waals surface area contributed by atoms with Crippen LogP contribution < -0.4 is 16.6 Å². The maximum absolute atomic E-state index is 12.0. The number of nitrogens with zero attached hydrogens (tertiary/aromatic N) is 3. The lowest BCUT2D eigenvalue weighted by atomic mass is 10.3. The van der Waals surface area contributed by atoms with E-state index in [0.29, 0.717) is 11.6 Å². The van der Waals surface area contributed by atoms with E-state index in [1.807, 2.05) is 6.92 Å². The van der Waals surface area contributed by atoms with E-state index < -0.39 is 0 Å². The van der Waals surface area contributed by atoms with Gasteiger partial charge in [-0.05, 0) is 19.1 Å². The Kier molecular flexibility index (Phi) is 3.24. The van der Waals surface area contributed by atoms with Crippen molar-refractivity contribution in [1.82, 2.24) is 14.8 Å². The number of hydrogen-bond donors (Lipinski definition) is 3. The molecule has 0 atom stereocenters. The molecular weight excluding hydrogens is 232 g/mol. The normalized spacial score (nSPS) is 10.2. The summed E-state index contributed by atoms with van der Waals surface area (Å²) in [4.78, 5) is 16.0. The average molecular weight is 246 g/mol. The van der Waals surface area contributed by atoms with Crippen LogP contribution in [0.4, 0.5) is 11.6 Å². The van der Waals surface area contributed by atoms with E-state index in [-0.39, 0.29) is 11.6 Å². The SMILES string of the molecule is Cc1cc(NC(=O)c2cccc(NN)n2)n(C)n1. The Morgan fingerprint density at radius 1 is 1.44 bits per heavy atom. The van der Waals surface area contributed by atoms with Crippen LogP contribution in [-0.4, -0.2) is 20.7 Å².